The summed E-state index contributed by atoms with van der Waals surface area (Å²) in [6.45, 7) is 6.01. The van der Waals surface area contributed by atoms with Gasteiger partial charge in [0.25, 0.3) is 0 Å². The second kappa shape index (κ2) is 5.64. The molecule has 0 radical (unpaired) electrons. The van der Waals surface area contributed by atoms with E-state index < -0.39 is 0 Å². The Labute approximate surface area is 132 Å². The van der Waals surface area contributed by atoms with Crippen LogP contribution in [-0.4, -0.2) is 35.6 Å². The summed E-state index contributed by atoms with van der Waals surface area (Å²) >= 11 is 2.02. The molecule has 3 aliphatic rings. The van der Waals surface area contributed by atoms with Crippen molar-refractivity contribution in [1.82, 2.24) is 15.2 Å². The molecule has 4 heteroatoms. The highest BCUT2D eigenvalue weighted by molar-refractivity contribution is 7.12. The summed E-state index contributed by atoms with van der Waals surface area (Å²) < 4.78 is 0. The van der Waals surface area contributed by atoms with Crippen LogP contribution >= 0.6 is 11.3 Å². The van der Waals surface area contributed by atoms with Crippen molar-refractivity contribution in [3.8, 4) is 0 Å². The highest BCUT2D eigenvalue weighted by Crippen LogP contribution is 2.41. The smallest absolute Gasteiger partial charge is 0.113 e. The van der Waals surface area contributed by atoms with Crippen LogP contribution in [0.5, 0.6) is 0 Å². The lowest BCUT2D eigenvalue weighted by molar-refractivity contribution is 0.132. The van der Waals surface area contributed by atoms with Crippen molar-refractivity contribution in [2.24, 2.45) is 0 Å². The minimum atomic E-state index is 0.195. The molecule has 1 saturated heterocycles. The molecule has 0 aromatic carbocycles. The Morgan fingerprint density at radius 3 is 2.76 bits per heavy atom. The topological polar surface area (TPSA) is 28.2 Å². The van der Waals surface area contributed by atoms with E-state index >= 15 is 0 Å². The normalized spacial score (nSPS) is 25.2. The van der Waals surface area contributed by atoms with Gasteiger partial charge in [-0.2, -0.15) is 0 Å². The summed E-state index contributed by atoms with van der Waals surface area (Å²) in [4.78, 5) is 9.29. The van der Waals surface area contributed by atoms with Gasteiger partial charge in [-0.25, -0.2) is 4.98 Å². The average molecular weight is 305 g/mol. The zero-order chi connectivity index (χ0) is 14.3. The number of nitrogens with zero attached hydrogens (tertiary/aromatic N) is 2. The molecule has 2 aliphatic carbocycles. The Hall–Kier alpha value is -0.450. The summed E-state index contributed by atoms with van der Waals surface area (Å²) in [5.74, 6) is 0. The Morgan fingerprint density at radius 2 is 2.10 bits per heavy atom. The molecule has 21 heavy (non-hydrogen) atoms. The molecule has 116 valence electrons. The van der Waals surface area contributed by atoms with Gasteiger partial charge in [0.15, 0.2) is 0 Å². The molecule has 1 aromatic heterocycles. The monoisotopic (exact) mass is 305 g/mol. The predicted octanol–water partition coefficient (Wildman–Crippen LogP) is 3.08. The van der Waals surface area contributed by atoms with Gasteiger partial charge in [-0.3, -0.25) is 0 Å². The van der Waals surface area contributed by atoms with Crippen molar-refractivity contribution in [2.75, 3.05) is 19.6 Å². The first-order valence-corrected chi connectivity index (χ1v) is 9.60. The fraction of sp³-hybridized carbons (Fsp3) is 0.824. The van der Waals surface area contributed by atoms with Crippen molar-refractivity contribution in [3.63, 3.8) is 0 Å². The van der Waals surface area contributed by atoms with Gasteiger partial charge >= 0.3 is 0 Å². The van der Waals surface area contributed by atoms with E-state index in [1.807, 2.05) is 11.3 Å². The van der Waals surface area contributed by atoms with Crippen LogP contribution in [0.25, 0.3) is 0 Å². The zero-order valence-corrected chi connectivity index (χ0v) is 14.0. The second-order valence-corrected chi connectivity index (χ2v) is 8.17. The van der Waals surface area contributed by atoms with E-state index in [4.69, 9.17) is 4.98 Å². The molecule has 1 saturated carbocycles. The molecule has 1 N–H and O–H groups in total. The van der Waals surface area contributed by atoms with Crippen LogP contribution in [0.1, 0.15) is 61.0 Å². The van der Waals surface area contributed by atoms with Crippen molar-refractivity contribution in [1.29, 1.82) is 0 Å². The van der Waals surface area contributed by atoms with E-state index in [0.717, 1.165) is 6.04 Å². The quantitative estimate of drug-likeness (QED) is 0.906. The number of likely N-dealkylation sites (tertiary alicyclic amines) is 1. The minimum absolute atomic E-state index is 0.195. The predicted molar refractivity (Wildman–Crippen MR) is 87.9 cm³/mol. The van der Waals surface area contributed by atoms with Crippen molar-refractivity contribution in [2.45, 2.75) is 69.9 Å². The SMILES string of the molecule is CCCN1CCC(NC2CC2)(c2nc3c(s2)CCC3)CC1. The van der Waals surface area contributed by atoms with Crippen LogP contribution in [0.3, 0.4) is 0 Å². The fourth-order valence-corrected chi connectivity index (χ4v) is 5.27. The lowest BCUT2D eigenvalue weighted by atomic mass is 9.87. The number of aryl methyl sites for hydroxylation is 2. The van der Waals surface area contributed by atoms with Crippen LogP contribution in [0.4, 0.5) is 0 Å². The van der Waals surface area contributed by atoms with Gasteiger partial charge in [0.05, 0.1) is 11.2 Å². The van der Waals surface area contributed by atoms with Crippen LogP contribution in [0, 0.1) is 0 Å². The molecule has 0 spiro atoms. The molecule has 4 rings (SSSR count). The molecule has 1 aromatic rings. The van der Waals surface area contributed by atoms with Gasteiger partial charge in [-0.15, -0.1) is 11.3 Å². The summed E-state index contributed by atoms with van der Waals surface area (Å²) in [5.41, 5.74) is 1.61. The molecule has 0 amide bonds. The van der Waals surface area contributed by atoms with E-state index in [1.54, 1.807) is 4.88 Å². The van der Waals surface area contributed by atoms with Crippen LogP contribution < -0.4 is 5.32 Å². The summed E-state index contributed by atoms with van der Waals surface area (Å²) in [6, 6.07) is 0.765. The van der Waals surface area contributed by atoms with Crippen molar-refractivity contribution >= 4 is 11.3 Å². The lowest BCUT2D eigenvalue weighted by Crippen LogP contribution is -2.52. The summed E-state index contributed by atoms with van der Waals surface area (Å²) in [5, 5.41) is 5.41. The van der Waals surface area contributed by atoms with E-state index in [0.29, 0.717) is 0 Å². The molecule has 1 aliphatic heterocycles. The second-order valence-electron chi connectivity index (χ2n) is 7.08. The number of rotatable bonds is 5. The molecule has 2 heterocycles. The van der Waals surface area contributed by atoms with E-state index in [9.17, 15) is 0 Å². The number of hydrogen-bond acceptors (Lipinski definition) is 4. The van der Waals surface area contributed by atoms with Crippen LogP contribution in [0.2, 0.25) is 0 Å². The van der Waals surface area contributed by atoms with Crippen molar-refractivity contribution in [3.05, 3.63) is 15.6 Å². The Kier molecular flexibility index (Phi) is 3.80. The number of fused-ring (bicyclic) bond motifs is 1. The first-order chi connectivity index (χ1) is 10.3. The molecular weight excluding hydrogens is 278 g/mol. The summed E-state index contributed by atoms with van der Waals surface area (Å²) in [6.07, 6.45) is 10.3. The molecule has 0 atom stereocenters. The largest absolute Gasteiger partial charge is 0.303 e. The first-order valence-electron chi connectivity index (χ1n) is 8.78. The van der Waals surface area contributed by atoms with Gasteiger partial charge in [-0.1, -0.05) is 6.92 Å². The highest BCUT2D eigenvalue weighted by atomic mass is 32.1. The van der Waals surface area contributed by atoms with Gasteiger partial charge in [0, 0.05) is 24.0 Å². The third-order valence-corrected chi connectivity index (χ3v) is 6.67. The maximum absolute atomic E-state index is 5.08. The minimum Gasteiger partial charge on any atom is -0.303 e. The van der Waals surface area contributed by atoms with E-state index in [1.165, 1.54) is 81.7 Å². The van der Waals surface area contributed by atoms with Gasteiger partial charge in [-0.05, 0) is 57.9 Å². The van der Waals surface area contributed by atoms with Crippen LogP contribution in [0.15, 0.2) is 0 Å². The van der Waals surface area contributed by atoms with E-state index in [-0.39, 0.29) is 5.54 Å². The third kappa shape index (κ3) is 2.78. The molecule has 0 unspecified atom stereocenters. The number of aromatic nitrogens is 1. The third-order valence-electron chi connectivity index (χ3n) is 5.31. The molecular formula is C17H27N3S. The Balaban J connectivity index is 1.55. The Morgan fingerprint density at radius 1 is 1.29 bits per heavy atom. The zero-order valence-electron chi connectivity index (χ0n) is 13.2. The highest BCUT2D eigenvalue weighted by Gasteiger charge is 2.42. The van der Waals surface area contributed by atoms with Gasteiger partial charge in [0.1, 0.15) is 5.01 Å². The van der Waals surface area contributed by atoms with Crippen molar-refractivity contribution < 1.29 is 0 Å². The maximum atomic E-state index is 5.08. The maximum Gasteiger partial charge on any atom is 0.113 e. The molecule has 0 bridgehead atoms. The molecule has 3 nitrogen and oxygen atoms in total. The fourth-order valence-electron chi connectivity index (χ4n) is 3.91. The van der Waals surface area contributed by atoms with Gasteiger partial charge in [0.2, 0.25) is 0 Å². The number of thiazole rings is 1. The number of nitrogens with one attached hydrogen (secondary N) is 1. The standard InChI is InChI=1S/C17H27N3S/c1-2-10-20-11-8-17(9-12-20,19-13-6-7-13)16-18-14-4-3-5-15(14)21-16/h13,19H,2-12H2,1H3. The summed E-state index contributed by atoms with van der Waals surface area (Å²) in [7, 11) is 0. The number of piperidine rings is 1. The Bertz CT molecular complexity index is 477. The van der Waals surface area contributed by atoms with Gasteiger partial charge < -0.3 is 10.2 Å². The van der Waals surface area contributed by atoms with Crippen LogP contribution in [-0.2, 0) is 18.4 Å². The molecule has 2 fully saturated rings. The average Bonchev–Trinajstić information content (AvgIpc) is 3.02. The lowest BCUT2D eigenvalue weighted by Gasteiger charge is -2.41. The van der Waals surface area contributed by atoms with E-state index in [2.05, 4.69) is 17.1 Å². The number of hydrogen-bond donors (Lipinski definition) is 1. The first kappa shape index (κ1) is 14.2.